The second kappa shape index (κ2) is 10.2. The van der Waals surface area contributed by atoms with Crippen LogP contribution < -0.4 is 20.9 Å². The predicted octanol–water partition coefficient (Wildman–Crippen LogP) is 1.43. The van der Waals surface area contributed by atoms with E-state index in [1.54, 1.807) is 9.80 Å². The normalized spacial score (nSPS) is 20.5. The molecule has 0 aliphatic carbocycles. The van der Waals surface area contributed by atoms with Crippen molar-refractivity contribution in [3.8, 4) is 0 Å². The minimum Gasteiger partial charge on any atom is -0.446 e. The van der Waals surface area contributed by atoms with Crippen LogP contribution in [0, 0.1) is 5.41 Å². The van der Waals surface area contributed by atoms with E-state index in [9.17, 15) is 14.7 Å². The Bertz CT molecular complexity index is 821. The number of aliphatic hydroxyl groups is 1. The Morgan fingerprint density at radius 3 is 2.59 bits per heavy atom. The molecule has 1 aromatic rings. The summed E-state index contributed by atoms with van der Waals surface area (Å²) in [6.45, 7) is 10.3. The van der Waals surface area contributed by atoms with E-state index in [1.807, 2.05) is 39.0 Å². The number of ether oxygens (including phenoxy) is 2. The van der Waals surface area contributed by atoms with Crippen molar-refractivity contribution >= 4 is 23.4 Å². The van der Waals surface area contributed by atoms with E-state index in [1.165, 1.54) is 6.92 Å². The lowest BCUT2D eigenvalue weighted by Gasteiger charge is -2.41. The van der Waals surface area contributed by atoms with E-state index in [0.29, 0.717) is 50.8 Å². The zero-order chi connectivity index (χ0) is 23.5. The molecule has 2 aliphatic heterocycles. The summed E-state index contributed by atoms with van der Waals surface area (Å²) in [5.41, 5.74) is 8.18. The van der Waals surface area contributed by atoms with Gasteiger partial charge in [0.25, 0.3) is 0 Å². The molecule has 2 heterocycles. The van der Waals surface area contributed by atoms with Gasteiger partial charge in [-0.05, 0) is 38.5 Å². The molecular formula is C23H36N4O5. The van der Waals surface area contributed by atoms with Gasteiger partial charge in [0.1, 0.15) is 0 Å². The maximum atomic E-state index is 12.8. The zero-order valence-corrected chi connectivity index (χ0v) is 19.5. The van der Waals surface area contributed by atoms with Gasteiger partial charge < -0.3 is 30.5 Å². The highest BCUT2D eigenvalue weighted by molar-refractivity contribution is 6.02. The quantitative estimate of drug-likeness (QED) is 0.551. The van der Waals surface area contributed by atoms with Crippen molar-refractivity contribution in [2.75, 3.05) is 55.8 Å². The minimum absolute atomic E-state index is 0.00475. The summed E-state index contributed by atoms with van der Waals surface area (Å²) < 4.78 is 10.7. The van der Waals surface area contributed by atoms with E-state index < -0.39 is 6.09 Å². The number of nitrogens with two attached hydrogens (primary N) is 1. The van der Waals surface area contributed by atoms with Crippen LogP contribution in [0.5, 0.6) is 0 Å². The van der Waals surface area contributed by atoms with Gasteiger partial charge in [0.05, 0.1) is 48.8 Å². The van der Waals surface area contributed by atoms with E-state index in [4.69, 9.17) is 15.2 Å². The monoisotopic (exact) mass is 448 g/mol. The van der Waals surface area contributed by atoms with Crippen molar-refractivity contribution in [1.82, 2.24) is 5.32 Å². The van der Waals surface area contributed by atoms with E-state index >= 15 is 0 Å². The minimum atomic E-state index is -0.425. The van der Waals surface area contributed by atoms with Crippen LogP contribution in [0.1, 0.15) is 39.2 Å². The summed E-state index contributed by atoms with van der Waals surface area (Å²) in [5.74, 6) is -0.0671. The number of carbonyl (C=O) groups excluding carboxylic acids is 2. The number of hydrogen-bond acceptors (Lipinski definition) is 7. The first kappa shape index (κ1) is 24.4. The molecule has 178 valence electrons. The lowest BCUT2D eigenvalue weighted by atomic mass is 9.86. The van der Waals surface area contributed by atoms with Crippen LogP contribution >= 0.6 is 0 Å². The maximum Gasteiger partial charge on any atom is 0.414 e. The number of fused-ring (bicyclic) bond motifs is 1. The second-order valence-electron chi connectivity index (χ2n) is 9.24. The molecule has 1 aromatic carbocycles. The van der Waals surface area contributed by atoms with Crippen LogP contribution in [-0.2, 0) is 14.3 Å². The fourth-order valence-corrected chi connectivity index (χ4v) is 4.30. The van der Waals surface area contributed by atoms with Crippen molar-refractivity contribution in [2.24, 2.45) is 11.1 Å². The molecule has 9 heteroatoms. The Kier molecular flexibility index (Phi) is 7.76. The van der Waals surface area contributed by atoms with Crippen molar-refractivity contribution in [3.63, 3.8) is 0 Å². The molecular weight excluding hydrogens is 412 g/mol. The molecule has 0 saturated carbocycles. The number of nitrogens with one attached hydrogen (secondary N) is 1. The fraction of sp³-hybridized carbons (Fsp3) is 0.652. The Labute approximate surface area is 189 Å². The number of amides is 2. The molecule has 3 rings (SSSR count). The van der Waals surface area contributed by atoms with E-state index in [2.05, 4.69) is 5.32 Å². The Balaban J connectivity index is 1.85. The first-order valence-corrected chi connectivity index (χ1v) is 11.2. The highest BCUT2D eigenvalue weighted by Gasteiger charge is 2.38. The molecule has 0 aromatic heterocycles. The molecule has 1 fully saturated rings. The molecule has 2 amide bonds. The molecule has 32 heavy (non-hydrogen) atoms. The third kappa shape index (κ3) is 5.06. The highest BCUT2D eigenvalue weighted by atomic mass is 16.6. The van der Waals surface area contributed by atoms with Crippen LogP contribution in [0.15, 0.2) is 18.2 Å². The second-order valence-corrected chi connectivity index (χ2v) is 9.24. The number of hydrogen-bond donors (Lipinski definition) is 3. The Morgan fingerprint density at radius 2 is 2.06 bits per heavy atom. The highest BCUT2D eigenvalue weighted by Crippen LogP contribution is 2.38. The molecule has 1 saturated heterocycles. The number of benzene rings is 1. The van der Waals surface area contributed by atoms with Crippen LogP contribution in [0.4, 0.5) is 16.2 Å². The molecule has 9 nitrogen and oxygen atoms in total. The average molecular weight is 449 g/mol. The smallest absolute Gasteiger partial charge is 0.414 e. The summed E-state index contributed by atoms with van der Waals surface area (Å²) in [6, 6.07) is 5.62. The molecule has 0 radical (unpaired) electrons. The lowest BCUT2D eigenvalue weighted by Crippen LogP contribution is -2.53. The third-order valence-corrected chi connectivity index (χ3v) is 6.13. The summed E-state index contributed by atoms with van der Waals surface area (Å²) in [5, 5.41) is 13.0. The van der Waals surface area contributed by atoms with Gasteiger partial charge in [0.15, 0.2) is 0 Å². The van der Waals surface area contributed by atoms with Gasteiger partial charge >= 0.3 is 6.09 Å². The Hall–Kier alpha value is -2.20. The van der Waals surface area contributed by atoms with Crippen molar-refractivity contribution in [2.45, 2.75) is 45.8 Å². The number of aliphatic hydroxyl groups excluding tert-OH is 1. The van der Waals surface area contributed by atoms with E-state index in [-0.39, 0.29) is 36.0 Å². The van der Waals surface area contributed by atoms with Crippen molar-refractivity contribution < 1.29 is 24.2 Å². The predicted molar refractivity (Wildman–Crippen MR) is 123 cm³/mol. The molecule has 0 spiro atoms. The standard InChI is InChI=1S/C23H36N4O5/c1-15(2)32-22(30)26-10-16(3)27(17(4)29)20-6-5-18(7-21(20)26)19(8-24)9-25-11-23(12-28)13-31-14-23/h5-7,15-16,19,25,28H,8-14,24H2,1-4H3/t16-,19?/m0/s1. The van der Waals surface area contributed by atoms with Gasteiger partial charge in [-0.2, -0.15) is 0 Å². The van der Waals surface area contributed by atoms with Crippen LogP contribution in [0.3, 0.4) is 0 Å². The van der Waals surface area contributed by atoms with Crippen LogP contribution in [0.2, 0.25) is 0 Å². The summed E-state index contributed by atoms with van der Waals surface area (Å²) in [4.78, 5) is 28.5. The van der Waals surface area contributed by atoms with Crippen molar-refractivity contribution in [1.29, 1.82) is 0 Å². The summed E-state index contributed by atoms with van der Waals surface area (Å²) in [7, 11) is 0. The average Bonchev–Trinajstić information content (AvgIpc) is 2.71. The number of nitrogens with zero attached hydrogens (tertiary/aromatic N) is 2. The van der Waals surface area contributed by atoms with Crippen LogP contribution in [0.25, 0.3) is 0 Å². The van der Waals surface area contributed by atoms with Gasteiger partial charge in [-0.3, -0.25) is 9.69 Å². The van der Waals surface area contributed by atoms with Crippen LogP contribution in [-0.4, -0.2) is 75.3 Å². The third-order valence-electron chi connectivity index (χ3n) is 6.13. The number of anilines is 2. The first-order valence-electron chi connectivity index (χ1n) is 11.2. The van der Waals surface area contributed by atoms with Gasteiger partial charge in [-0.1, -0.05) is 6.07 Å². The molecule has 2 aliphatic rings. The van der Waals surface area contributed by atoms with Gasteiger partial charge in [0, 0.05) is 39.0 Å². The molecule has 2 atom stereocenters. The number of rotatable bonds is 8. The fourth-order valence-electron chi connectivity index (χ4n) is 4.30. The topological polar surface area (TPSA) is 117 Å². The van der Waals surface area contributed by atoms with Gasteiger partial charge in [-0.15, -0.1) is 0 Å². The largest absolute Gasteiger partial charge is 0.446 e. The molecule has 1 unspecified atom stereocenters. The van der Waals surface area contributed by atoms with Crippen molar-refractivity contribution in [3.05, 3.63) is 23.8 Å². The van der Waals surface area contributed by atoms with E-state index in [0.717, 1.165) is 5.56 Å². The number of carbonyl (C=O) groups is 2. The Morgan fingerprint density at radius 1 is 1.34 bits per heavy atom. The van der Waals surface area contributed by atoms with Gasteiger partial charge in [0.2, 0.25) is 5.91 Å². The maximum absolute atomic E-state index is 12.8. The summed E-state index contributed by atoms with van der Waals surface area (Å²) >= 11 is 0. The lowest BCUT2D eigenvalue weighted by molar-refractivity contribution is -0.134. The SMILES string of the molecule is CC(=O)N1c2ccc(C(CN)CNCC3(CO)COC3)cc2N(C(=O)OC(C)C)C[C@@H]1C. The first-order chi connectivity index (χ1) is 15.2. The summed E-state index contributed by atoms with van der Waals surface area (Å²) in [6.07, 6.45) is -0.670. The molecule has 0 bridgehead atoms. The molecule has 4 N–H and O–H groups in total. The zero-order valence-electron chi connectivity index (χ0n) is 19.5. The van der Waals surface area contributed by atoms with Gasteiger partial charge in [-0.25, -0.2) is 4.79 Å².